The van der Waals surface area contributed by atoms with E-state index in [2.05, 4.69) is 26.6 Å². The topological polar surface area (TPSA) is 87.7 Å². The Bertz CT molecular complexity index is 752. The predicted octanol–water partition coefficient (Wildman–Crippen LogP) is 2.34. The average Bonchev–Trinajstić information content (AvgIpc) is 3.18. The van der Waals surface area contributed by atoms with Gasteiger partial charge in [-0.1, -0.05) is 28.8 Å². The number of hydrogen-bond donors (Lipinski definition) is 2. The first-order chi connectivity index (χ1) is 12.9. The molecule has 1 saturated carbocycles. The third kappa shape index (κ3) is 4.40. The van der Waals surface area contributed by atoms with Gasteiger partial charge >= 0.3 is 6.03 Å². The van der Waals surface area contributed by atoms with Gasteiger partial charge in [-0.15, -0.1) is 0 Å². The maximum Gasteiger partial charge on any atom is 0.325 e. The third-order valence-corrected chi connectivity index (χ3v) is 5.33. The molecule has 1 aromatic carbocycles. The average molecular weight is 442 g/mol. The molecule has 1 aromatic rings. The number of nitrogens with one attached hydrogen (secondary N) is 2. The second-order valence-corrected chi connectivity index (χ2v) is 7.66. The zero-order valence-corrected chi connectivity index (χ0v) is 16.3. The first-order valence-electron chi connectivity index (χ1n) is 8.90. The van der Waals surface area contributed by atoms with Gasteiger partial charge in [-0.2, -0.15) is 0 Å². The molecule has 0 atom stereocenters. The van der Waals surface area contributed by atoms with E-state index >= 15 is 0 Å². The van der Waals surface area contributed by atoms with Crippen molar-refractivity contribution in [3.63, 3.8) is 0 Å². The standard InChI is InChI=1S/C18H21BrFN3O4/c19-12-4-5-14(13(20)10-12)27-11-15(24)21-8-3-9-23-16(25)18(22-17(23)26)6-1-2-7-18/h4-5,10H,1-3,6-9,11H2,(H,21,24)(H,22,26). The van der Waals surface area contributed by atoms with Crippen LogP contribution >= 0.6 is 15.9 Å². The minimum atomic E-state index is -0.705. The number of hydrogen-bond acceptors (Lipinski definition) is 4. The number of ether oxygens (including phenoxy) is 1. The van der Waals surface area contributed by atoms with Crippen LogP contribution in [0.3, 0.4) is 0 Å². The van der Waals surface area contributed by atoms with Gasteiger partial charge in [-0.25, -0.2) is 9.18 Å². The lowest BCUT2D eigenvalue weighted by molar-refractivity contribution is -0.131. The molecule has 0 bridgehead atoms. The van der Waals surface area contributed by atoms with Crippen LogP contribution in [-0.2, 0) is 9.59 Å². The molecule has 4 amide bonds. The quantitative estimate of drug-likeness (QED) is 0.502. The van der Waals surface area contributed by atoms with Crippen LogP contribution in [0.4, 0.5) is 9.18 Å². The van der Waals surface area contributed by atoms with Crippen LogP contribution in [0.5, 0.6) is 5.75 Å². The molecule has 3 rings (SSSR count). The van der Waals surface area contributed by atoms with Gasteiger partial charge in [-0.05, 0) is 37.5 Å². The van der Waals surface area contributed by atoms with Gasteiger partial charge in [-0.3, -0.25) is 14.5 Å². The Labute approximate surface area is 164 Å². The first-order valence-corrected chi connectivity index (χ1v) is 9.69. The van der Waals surface area contributed by atoms with Crippen LogP contribution in [0.25, 0.3) is 0 Å². The minimum absolute atomic E-state index is 0.00505. The van der Waals surface area contributed by atoms with Crippen LogP contribution in [0.15, 0.2) is 22.7 Å². The van der Waals surface area contributed by atoms with Crippen molar-refractivity contribution in [2.24, 2.45) is 0 Å². The van der Waals surface area contributed by atoms with Gasteiger partial charge < -0.3 is 15.4 Å². The van der Waals surface area contributed by atoms with Crippen molar-refractivity contribution in [2.45, 2.75) is 37.6 Å². The highest BCUT2D eigenvalue weighted by atomic mass is 79.9. The van der Waals surface area contributed by atoms with E-state index in [1.807, 2.05) is 0 Å². The fourth-order valence-electron chi connectivity index (χ4n) is 3.45. The number of nitrogens with zero attached hydrogens (tertiary/aromatic N) is 1. The van der Waals surface area contributed by atoms with E-state index in [1.54, 1.807) is 6.07 Å². The number of carbonyl (C=O) groups is 3. The van der Waals surface area contributed by atoms with Crippen LogP contribution in [0.2, 0.25) is 0 Å². The zero-order valence-electron chi connectivity index (χ0n) is 14.7. The number of halogens is 2. The van der Waals surface area contributed by atoms with Crippen LogP contribution in [0.1, 0.15) is 32.1 Å². The largest absolute Gasteiger partial charge is 0.481 e. The smallest absolute Gasteiger partial charge is 0.325 e. The van der Waals surface area contributed by atoms with Crippen molar-refractivity contribution in [1.82, 2.24) is 15.5 Å². The fraction of sp³-hybridized carbons (Fsp3) is 0.500. The van der Waals surface area contributed by atoms with Gasteiger partial charge in [0.2, 0.25) is 0 Å². The lowest BCUT2D eigenvalue weighted by Gasteiger charge is -2.20. The van der Waals surface area contributed by atoms with E-state index in [-0.39, 0.29) is 37.4 Å². The highest BCUT2D eigenvalue weighted by molar-refractivity contribution is 9.10. The Morgan fingerprint density at radius 2 is 2.07 bits per heavy atom. The van der Waals surface area contributed by atoms with E-state index in [0.29, 0.717) is 23.7 Å². The number of urea groups is 1. The second-order valence-electron chi connectivity index (χ2n) is 6.74. The SMILES string of the molecule is O=C(COc1ccc(Br)cc1F)NCCCN1C(=O)NC2(CCCC2)C1=O. The fourth-order valence-corrected chi connectivity index (χ4v) is 3.78. The molecule has 2 aliphatic rings. The monoisotopic (exact) mass is 441 g/mol. The number of benzene rings is 1. The molecule has 2 fully saturated rings. The molecule has 1 aliphatic heterocycles. The summed E-state index contributed by atoms with van der Waals surface area (Å²) in [6.45, 7) is 0.217. The van der Waals surface area contributed by atoms with E-state index in [0.717, 1.165) is 12.8 Å². The van der Waals surface area contributed by atoms with Crippen molar-refractivity contribution in [3.05, 3.63) is 28.5 Å². The van der Waals surface area contributed by atoms with Crippen LogP contribution < -0.4 is 15.4 Å². The van der Waals surface area contributed by atoms with Crippen LogP contribution in [-0.4, -0.2) is 48.0 Å². The Balaban J connectivity index is 1.38. The maximum absolute atomic E-state index is 13.6. The first kappa shape index (κ1) is 19.6. The van der Waals surface area contributed by atoms with Crippen molar-refractivity contribution < 1.29 is 23.5 Å². The van der Waals surface area contributed by atoms with E-state index in [1.165, 1.54) is 17.0 Å². The summed E-state index contributed by atoms with van der Waals surface area (Å²) < 4.78 is 19.3. The number of carbonyl (C=O) groups excluding carboxylic acids is 3. The van der Waals surface area contributed by atoms with Crippen molar-refractivity contribution in [2.75, 3.05) is 19.7 Å². The summed E-state index contributed by atoms with van der Waals surface area (Å²) in [5, 5.41) is 5.45. The Hall–Kier alpha value is -2.16. The molecule has 7 nitrogen and oxygen atoms in total. The summed E-state index contributed by atoms with van der Waals surface area (Å²) >= 11 is 3.14. The van der Waals surface area contributed by atoms with E-state index < -0.39 is 17.3 Å². The molecule has 0 aromatic heterocycles. The van der Waals surface area contributed by atoms with Crippen molar-refractivity contribution in [3.8, 4) is 5.75 Å². The van der Waals surface area contributed by atoms with Crippen LogP contribution in [0, 0.1) is 5.82 Å². The number of imide groups is 1. The molecule has 27 heavy (non-hydrogen) atoms. The molecule has 2 N–H and O–H groups in total. The second kappa shape index (κ2) is 8.24. The highest BCUT2D eigenvalue weighted by Gasteiger charge is 2.51. The summed E-state index contributed by atoms with van der Waals surface area (Å²) in [5.74, 6) is -1.13. The molecule has 0 unspecified atom stereocenters. The van der Waals surface area contributed by atoms with E-state index in [4.69, 9.17) is 4.74 Å². The molecule has 1 aliphatic carbocycles. The summed E-state index contributed by atoms with van der Waals surface area (Å²) in [6, 6.07) is 3.94. The Kier molecular flexibility index (Phi) is 5.98. The molecule has 1 saturated heterocycles. The zero-order chi connectivity index (χ0) is 19.4. The molecular formula is C18H21BrFN3O4. The molecule has 0 radical (unpaired) electrons. The normalized spacial score (nSPS) is 18.1. The molecular weight excluding hydrogens is 421 g/mol. The van der Waals surface area contributed by atoms with E-state index in [9.17, 15) is 18.8 Å². The lowest BCUT2D eigenvalue weighted by Crippen LogP contribution is -2.44. The molecule has 146 valence electrons. The Morgan fingerprint density at radius 3 is 2.78 bits per heavy atom. The van der Waals surface area contributed by atoms with Gasteiger partial charge in [0.1, 0.15) is 5.54 Å². The van der Waals surface area contributed by atoms with Gasteiger partial charge in [0.15, 0.2) is 18.2 Å². The molecule has 9 heteroatoms. The van der Waals surface area contributed by atoms with Gasteiger partial charge in [0.25, 0.3) is 11.8 Å². The van der Waals surface area contributed by atoms with Crippen molar-refractivity contribution >= 4 is 33.8 Å². The summed E-state index contributed by atoms with van der Waals surface area (Å²) in [6.07, 6.45) is 3.70. The number of rotatable bonds is 7. The summed E-state index contributed by atoms with van der Waals surface area (Å²) in [7, 11) is 0. The summed E-state index contributed by atoms with van der Waals surface area (Å²) in [5.41, 5.74) is -0.705. The van der Waals surface area contributed by atoms with Gasteiger partial charge in [0, 0.05) is 17.6 Å². The Morgan fingerprint density at radius 1 is 1.33 bits per heavy atom. The van der Waals surface area contributed by atoms with Crippen molar-refractivity contribution in [1.29, 1.82) is 0 Å². The number of amides is 4. The summed E-state index contributed by atoms with van der Waals surface area (Å²) in [4.78, 5) is 37.5. The van der Waals surface area contributed by atoms with Gasteiger partial charge in [0.05, 0.1) is 0 Å². The minimum Gasteiger partial charge on any atom is -0.481 e. The lowest BCUT2D eigenvalue weighted by atomic mass is 9.98. The molecule has 1 heterocycles. The molecule has 1 spiro atoms. The predicted molar refractivity (Wildman–Crippen MR) is 98.7 cm³/mol. The maximum atomic E-state index is 13.6. The highest BCUT2D eigenvalue weighted by Crippen LogP contribution is 2.34. The third-order valence-electron chi connectivity index (χ3n) is 4.84.